The summed E-state index contributed by atoms with van der Waals surface area (Å²) in [6.07, 6.45) is 0. The second-order valence-corrected chi connectivity index (χ2v) is 5.14. The van der Waals surface area contributed by atoms with Crippen LogP contribution in [0.4, 0.5) is 0 Å². The van der Waals surface area contributed by atoms with Crippen LogP contribution >= 0.6 is 16.3 Å². The van der Waals surface area contributed by atoms with Crippen LogP contribution in [-0.4, -0.2) is 0 Å². The van der Waals surface area contributed by atoms with Gasteiger partial charge in [0, 0.05) is 10.8 Å². The Bertz CT molecular complexity index is 810. The van der Waals surface area contributed by atoms with E-state index in [-0.39, 0.29) is 0 Å². The zero-order valence-electron chi connectivity index (χ0n) is 9.07. The molecule has 0 bridgehead atoms. The number of benzene rings is 2. The lowest BCUT2D eigenvalue weighted by atomic mass is 10.1. The molecule has 0 fully saturated rings. The minimum atomic E-state index is -2.04. The van der Waals surface area contributed by atoms with Gasteiger partial charge in [0.1, 0.15) is 0 Å². The van der Waals surface area contributed by atoms with Crippen LogP contribution in [0.25, 0.3) is 21.5 Å². The van der Waals surface area contributed by atoms with Gasteiger partial charge >= 0.3 is 16.3 Å². The molecule has 0 aliphatic carbocycles. The second kappa shape index (κ2) is 4.49. The van der Waals surface area contributed by atoms with Gasteiger partial charge < -0.3 is 4.52 Å². The summed E-state index contributed by atoms with van der Waals surface area (Å²) in [4.78, 5) is 0. The quantitative estimate of drug-likeness (QED) is 0.493. The molecule has 0 radical (unpaired) electrons. The van der Waals surface area contributed by atoms with E-state index in [0.717, 1.165) is 10.8 Å². The Morgan fingerprint density at radius 1 is 1.06 bits per heavy atom. The summed E-state index contributed by atoms with van der Waals surface area (Å²) in [7, 11) is -2.52. The molecule has 3 rings (SSSR count). The predicted molar refractivity (Wildman–Crippen MR) is 69.6 cm³/mol. The molecule has 1 aromatic heterocycles. The number of fused-ring (bicyclic) bond motifs is 3. The first kappa shape index (κ1) is 11.3. The number of hydrogen-bond acceptors (Lipinski definition) is 4. The third-order valence-electron chi connectivity index (χ3n) is 2.68. The summed E-state index contributed by atoms with van der Waals surface area (Å²) >= 11 is 0. The van der Waals surface area contributed by atoms with Gasteiger partial charge in [-0.15, -0.1) is 0 Å². The fourth-order valence-corrected chi connectivity index (χ4v) is 3.37. The van der Waals surface area contributed by atoms with E-state index in [0.29, 0.717) is 16.5 Å². The van der Waals surface area contributed by atoms with E-state index in [1.165, 1.54) is 0 Å². The second-order valence-electron chi connectivity index (χ2n) is 3.66. The highest BCUT2D eigenvalue weighted by Gasteiger charge is 2.21. The SMILES string of the molecule is O=POc1cccc2c3ccccc3o[p+](=O)c12. The molecule has 1 unspecified atom stereocenters. The summed E-state index contributed by atoms with van der Waals surface area (Å²) in [5, 5.41) is 2.10. The van der Waals surface area contributed by atoms with Crippen molar-refractivity contribution in [1.82, 2.24) is 0 Å². The highest BCUT2D eigenvalue weighted by Crippen LogP contribution is 2.41. The smallest absolute Gasteiger partial charge is 0.403 e. The van der Waals surface area contributed by atoms with Gasteiger partial charge in [0.05, 0.1) is 0 Å². The first-order chi connectivity index (χ1) is 8.81. The first-order valence-corrected chi connectivity index (χ1v) is 7.09. The van der Waals surface area contributed by atoms with E-state index in [1.807, 2.05) is 24.3 Å². The van der Waals surface area contributed by atoms with Crippen LogP contribution in [-0.2, 0) is 9.13 Å². The van der Waals surface area contributed by atoms with Gasteiger partial charge in [0.25, 0.3) is 5.12 Å². The van der Waals surface area contributed by atoms with Crippen LogP contribution in [0.3, 0.4) is 0 Å². The lowest BCUT2D eigenvalue weighted by Crippen LogP contribution is -1.79. The molecule has 0 N–H and O–H groups in total. The van der Waals surface area contributed by atoms with Crippen molar-refractivity contribution in [2.45, 2.75) is 0 Å². The summed E-state index contributed by atoms with van der Waals surface area (Å²) in [5.74, 6) is 0.319. The molecule has 3 aromatic rings. The summed E-state index contributed by atoms with van der Waals surface area (Å²) < 4.78 is 32.9. The van der Waals surface area contributed by atoms with E-state index < -0.39 is 16.3 Å². The highest BCUT2D eigenvalue weighted by atomic mass is 31.1. The molecule has 18 heavy (non-hydrogen) atoms. The average molecular weight is 277 g/mol. The Hall–Kier alpha value is -1.76. The summed E-state index contributed by atoms with van der Waals surface area (Å²) in [6, 6.07) is 12.6. The van der Waals surface area contributed by atoms with Crippen LogP contribution in [0.5, 0.6) is 5.75 Å². The third-order valence-corrected chi connectivity index (χ3v) is 4.14. The van der Waals surface area contributed by atoms with Crippen molar-refractivity contribution in [3.63, 3.8) is 0 Å². The Balaban J connectivity index is 2.55. The summed E-state index contributed by atoms with van der Waals surface area (Å²) in [5.41, 5.74) is 0.586. The molecule has 0 amide bonds. The van der Waals surface area contributed by atoms with E-state index >= 15 is 0 Å². The largest absolute Gasteiger partial charge is 0.601 e. The molecule has 0 spiro atoms. The average Bonchev–Trinajstić information content (AvgIpc) is 2.39. The van der Waals surface area contributed by atoms with E-state index in [4.69, 9.17) is 8.72 Å². The number of para-hydroxylation sites is 1. The fraction of sp³-hybridized carbons (Fsp3) is 0. The van der Waals surface area contributed by atoms with Crippen molar-refractivity contribution in [2.75, 3.05) is 0 Å². The van der Waals surface area contributed by atoms with Crippen LogP contribution < -0.4 is 4.52 Å². The van der Waals surface area contributed by atoms with Crippen molar-refractivity contribution in [3.05, 3.63) is 42.5 Å². The number of rotatable bonds is 2. The van der Waals surface area contributed by atoms with Crippen molar-refractivity contribution < 1.29 is 17.9 Å². The molecule has 1 atom stereocenters. The molecule has 88 valence electrons. The molecule has 1 heterocycles. The van der Waals surface area contributed by atoms with Crippen LogP contribution in [0.2, 0.25) is 0 Å². The monoisotopic (exact) mass is 277 g/mol. The normalized spacial score (nSPS) is 12.1. The third kappa shape index (κ3) is 1.71. The Kier molecular flexibility index (Phi) is 2.83. The lowest BCUT2D eigenvalue weighted by molar-refractivity contribution is 0.527. The molecule has 0 saturated heterocycles. The first-order valence-electron chi connectivity index (χ1n) is 5.18. The number of hydrogen-bond donors (Lipinski definition) is 0. The molecule has 0 saturated carbocycles. The maximum atomic E-state index is 12.1. The molecular weight excluding hydrogens is 270 g/mol. The van der Waals surface area contributed by atoms with E-state index in [2.05, 4.69) is 0 Å². The van der Waals surface area contributed by atoms with Gasteiger partial charge in [-0.05, 0) is 22.8 Å². The Morgan fingerprint density at radius 3 is 2.67 bits per heavy atom. The highest BCUT2D eigenvalue weighted by molar-refractivity contribution is 7.37. The molecule has 0 aliphatic rings. The Labute approximate surface area is 104 Å². The molecule has 0 aliphatic heterocycles. The zero-order valence-corrected chi connectivity index (χ0v) is 10.9. The van der Waals surface area contributed by atoms with Gasteiger partial charge in [0.15, 0.2) is 11.3 Å². The van der Waals surface area contributed by atoms with Crippen LogP contribution in [0, 0.1) is 0 Å². The van der Waals surface area contributed by atoms with Gasteiger partial charge in [-0.3, -0.25) is 0 Å². The molecular formula is C12H7O4P2+. The Morgan fingerprint density at radius 2 is 1.83 bits per heavy atom. The van der Waals surface area contributed by atoms with Crippen molar-refractivity contribution in [2.24, 2.45) is 0 Å². The molecule has 2 aromatic carbocycles. The molecule has 4 nitrogen and oxygen atoms in total. The van der Waals surface area contributed by atoms with Crippen LogP contribution in [0.1, 0.15) is 0 Å². The zero-order chi connectivity index (χ0) is 12.5. The van der Waals surface area contributed by atoms with Crippen LogP contribution in [0.15, 0.2) is 46.7 Å². The van der Waals surface area contributed by atoms with Gasteiger partial charge in [-0.1, -0.05) is 24.3 Å². The minimum Gasteiger partial charge on any atom is -0.403 e. The van der Waals surface area contributed by atoms with Gasteiger partial charge in [-0.2, -0.15) is 0 Å². The summed E-state index contributed by atoms with van der Waals surface area (Å²) in [6.45, 7) is 0. The standard InChI is InChI=1S/C12H7O4P2/c13-17-15-11-7-3-5-9-8-4-1-2-6-10(8)16-18(14)12(9)11/h1-7H/q+1. The van der Waals surface area contributed by atoms with E-state index in [1.54, 1.807) is 18.2 Å². The fourth-order valence-electron chi connectivity index (χ4n) is 1.95. The molecule has 6 heteroatoms. The predicted octanol–water partition coefficient (Wildman–Crippen LogP) is 4.91. The van der Waals surface area contributed by atoms with Crippen molar-refractivity contribution in [1.29, 1.82) is 0 Å². The lowest BCUT2D eigenvalue weighted by Gasteiger charge is -1.98. The van der Waals surface area contributed by atoms with Crippen molar-refractivity contribution >= 4 is 37.8 Å². The van der Waals surface area contributed by atoms with E-state index in [9.17, 15) is 9.13 Å². The maximum Gasteiger partial charge on any atom is 0.601 e. The van der Waals surface area contributed by atoms with Gasteiger partial charge in [0.2, 0.25) is 0 Å². The topological polar surface area (TPSA) is 56.5 Å². The maximum absolute atomic E-state index is 12.1. The van der Waals surface area contributed by atoms with Crippen molar-refractivity contribution in [3.8, 4) is 5.75 Å². The van der Waals surface area contributed by atoms with Gasteiger partial charge in [-0.25, -0.2) is 8.76 Å². The minimum absolute atomic E-state index is 0.319.